The molecular formula is C8H14N2O. The van der Waals surface area contributed by atoms with E-state index in [2.05, 4.69) is 9.80 Å². The maximum Gasteiger partial charge on any atom is 0.110 e. The molecule has 0 bridgehead atoms. The van der Waals surface area contributed by atoms with E-state index >= 15 is 0 Å². The van der Waals surface area contributed by atoms with Crippen LogP contribution in [-0.2, 0) is 0 Å². The fraction of sp³-hybridized carbons (Fsp3) is 1.00. The third kappa shape index (κ3) is 0.567. The van der Waals surface area contributed by atoms with E-state index in [-0.39, 0.29) is 6.23 Å². The first-order valence-electron chi connectivity index (χ1n) is 4.53. The van der Waals surface area contributed by atoms with E-state index in [1.54, 1.807) is 0 Å². The van der Waals surface area contributed by atoms with Gasteiger partial charge in [-0.15, -0.1) is 0 Å². The summed E-state index contributed by atoms with van der Waals surface area (Å²) < 4.78 is 0. The molecule has 0 aromatic heterocycles. The van der Waals surface area contributed by atoms with Gasteiger partial charge < -0.3 is 5.11 Å². The van der Waals surface area contributed by atoms with Crippen LogP contribution in [0, 0.1) is 0 Å². The Hall–Kier alpha value is -0.120. The van der Waals surface area contributed by atoms with Crippen molar-refractivity contribution in [2.45, 2.75) is 31.2 Å². The maximum atomic E-state index is 9.62. The van der Waals surface area contributed by atoms with Gasteiger partial charge in [0.25, 0.3) is 0 Å². The van der Waals surface area contributed by atoms with Crippen molar-refractivity contribution < 1.29 is 5.11 Å². The topological polar surface area (TPSA) is 26.7 Å². The monoisotopic (exact) mass is 154 g/mol. The Morgan fingerprint density at radius 2 is 2.00 bits per heavy atom. The van der Waals surface area contributed by atoms with Crippen LogP contribution in [0.3, 0.4) is 0 Å². The van der Waals surface area contributed by atoms with Crippen molar-refractivity contribution in [2.24, 2.45) is 0 Å². The van der Waals surface area contributed by atoms with Crippen LogP contribution >= 0.6 is 0 Å². The van der Waals surface area contributed by atoms with E-state index in [0.29, 0.717) is 5.66 Å². The molecule has 0 amide bonds. The Morgan fingerprint density at radius 1 is 1.18 bits per heavy atom. The molecule has 0 aliphatic carbocycles. The molecule has 2 atom stereocenters. The second kappa shape index (κ2) is 1.79. The quantitative estimate of drug-likeness (QED) is 0.524. The molecule has 0 radical (unpaired) electrons. The zero-order valence-electron chi connectivity index (χ0n) is 6.66. The van der Waals surface area contributed by atoms with Crippen molar-refractivity contribution >= 4 is 0 Å². The third-order valence-electron chi connectivity index (χ3n) is 3.68. The molecule has 3 aliphatic rings. The predicted molar refractivity (Wildman–Crippen MR) is 40.9 cm³/mol. The average molecular weight is 154 g/mol. The summed E-state index contributed by atoms with van der Waals surface area (Å²) >= 11 is 0. The molecule has 3 rings (SSSR count). The van der Waals surface area contributed by atoms with Gasteiger partial charge in [0.1, 0.15) is 6.23 Å². The smallest absolute Gasteiger partial charge is 0.110 e. The zero-order chi connectivity index (χ0) is 7.47. The van der Waals surface area contributed by atoms with Crippen molar-refractivity contribution in [1.82, 2.24) is 9.80 Å². The molecule has 0 saturated carbocycles. The van der Waals surface area contributed by atoms with Gasteiger partial charge in [-0.05, 0) is 19.3 Å². The lowest BCUT2D eigenvalue weighted by Crippen LogP contribution is -2.80. The molecule has 3 saturated heterocycles. The molecule has 3 aliphatic heterocycles. The number of aliphatic hydroxyl groups excluding tert-OH is 1. The number of hydrogen-bond acceptors (Lipinski definition) is 3. The van der Waals surface area contributed by atoms with Crippen molar-refractivity contribution in [3.05, 3.63) is 0 Å². The fourth-order valence-corrected chi connectivity index (χ4v) is 2.81. The van der Waals surface area contributed by atoms with Crippen LogP contribution in [0.4, 0.5) is 0 Å². The van der Waals surface area contributed by atoms with E-state index in [4.69, 9.17) is 0 Å². The van der Waals surface area contributed by atoms with Crippen LogP contribution in [0.5, 0.6) is 0 Å². The van der Waals surface area contributed by atoms with Crippen molar-refractivity contribution in [2.75, 3.05) is 19.6 Å². The van der Waals surface area contributed by atoms with Crippen molar-refractivity contribution in [3.63, 3.8) is 0 Å². The van der Waals surface area contributed by atoms with Crippen LogP contribution in [-0.4, -0.2) is 46.4 Å². The second-order valence-electron chi connectivity index (χ2n) is 3.93. The Balaban J connectivity index is 1.88. The number of aliphatic hydroxyl groups is 1. The first-order chi connectivity index (χ1) is 5.33. The Bertz CT molecular complexity index is 193. The summed E-state index contributed by atoms with van der Waals surface area (Å²) in [7, 11) is 0. The van der Waals surface area contributed by atoms with Gasteiger partial charge >= 0.3 is 0 Å². The molecule has 0 aromatic carbocycles. The number of nitrogens with zero attached hydrogens (tertiary/aromatic N) is 2. The van der Waals surface area contributed by atoms with Gasteiger partial charge in [-0.2, -0.15) is 0 Å². The molecule has 62 valence electrons. The third-order valence-corrected chi connectivity index (χ3v) is 3.68. The fourth-order valence-electron chi connectivity index (χ4n) is 2.81. The highest BCUT2D eigenvalue weighted by Gasteiger charge is 2.58. The Morgan fingerprint density at radius 3 is 2.45 bits per heavy atom. The van der Waals surface area contributed by atoms with E-state index in [1.807, 2.05) is 0 Å². The SMILES string of the molecule is OC1CCN2CCC23CCN13. The second-order valence-corrected chi connectivity index (χ2v) is 3.93. The van der Waals surface area contributed by atoms with Gasteiger partial charge in [0.2, 0.25) is 0 Å². The molecule has 3 nitrogen and oxygen atoms in total. The van der Waals surface area contributed by atoms with Gasteiger partial charge in [-0.1, -0.05) is 0 Å². The Labute approximate surface area is 66.6 Å². The molecule has 3 heterocycles. The molecule has 1 spiro atoms. The summed E-state index contributed by atoms with van der Waals surface area (Å²) in [5, 5.41) is 9.62. The lowest BCUT2D eigenvalue weighted by atomic mass is 9.79. The molecular weight excluding hydrogens is 140 g/mol. The highest BCUT2D eigenvalue weighted by molar-refractivity contribution is 5.09. The van der Waals surface area contributed by atoms with E-state index in [9.17, 15) is 5.11 Å². The highest BCUT2D eigenvalue weighted by atomic mass is 16.3. The van der Waals surface area contributed by atoms with Gasteiger partial charge in [0, 0.05) is 19.6 Å². The summed E-state index contributed by atoms with van der Waals surface area (Å²) in [5.74, 6) is 0. The summed E-state index contributed by atoms with van der Waals surface area (Å²) in [6.07, 6.45) is 3.37. The lowest BCUT2D eigenvalue weighted by Gasteiger charge is -2.69. The minimum absolute atomic E-state index is 0.139. The minimum atomic E-state index is -0.139. The van der Waals surface area contributed by atoms with Gasteiger partial charge in [0.15, 0.2) is 0 Å². The number of hydrogen-bond donors (Lipinski definition) is 1. The van der Waals surface area contributed by atoms with Gasteiger partial charge in [-0.25, -0.2) is 0 Å². The van der Waals surface area contributed by atoms with Crippen LogP contribution in [0.25, 0.3) is 0 Å². The first kappa shape index (κ1) is 6.40. The van der Waals surface area contributed by atoms with Crippen LogP contribution in [0.1, 0.15) is 19.3 Å². The molecule has 3 fully saturated rings. The Kier molecular flexibility index (Phi) is 1.04. The van der Waals surface area contributed by atoms with Crippen molar-refractivity contribution in [1.29, 1.82) is 0 Å². The van der Waals surface area contributed by atoms with Gasteiger partial charge in [-0.3, -0.25) is 9.80 Å². The minimum Gasteiger partial charge on any atom is -0.378 e. The first-order valence-corrected chi connectivity index (χ1v) is 4.53. The average Bonchev–Trinajstić information content (AvgIpc) is 1.80. The lowest BCUT2D eigenvalue weighted by molar-refractivity contribution is -0.279. The molecule has 0 aromatic rings. The summed E-state index contributed by atoms with van der Waals surface area (Å²) in [6, 6.07) is 0. The maximum absolute atomic E-state index is 9.62. The molecule has 3 heteroatoms. The predicted octanol–water partition coefficient (Wildman–Crippen LogP) is -0.184. The van der Waals surface area contributed by atoms with Crippen LogP contribution in [0.2, 0.25) is 0 Å². The summed E-state index contributed by atoms with van der Waals surface area (Å²) in [5.41, 5.74) is 0.345. The highest BCUT2D eigenvalue weighted by Crippen LogP contribution is 2.48. The molecule has 2 unspecified atom stereocenters. The summed E-state index contributed by atoms with van der Waals surface area (Å²) in [4.78, 5) is 4.78. The van der Waals surface area contributed by atoms with E-state index in [0.717, 1.165) is 19.5 Å². The summed E-state index contributed by atoms with van der Waals surface area (Å²) in [6.45, 7) is 3.47. The molecule has 11 heavy (non-hydrogen) atoms. The van der Waals surface area contributed by atoms with Gasteiger partial charge in [0.05, 0.1) is 5.66 Å². The van der Waals surface area contributed by atoms with Crippen molar-refractivity contribution in [3.8, 4) is 0 Å². The molecule has 1 N–H and O–H groups in total. The standard InChI is InChI=1S/C8H14N2O/c11-7-1-4-9-5-2-8(9)3-6-10(7)8/h7,11H,1-6H2. The van der Waals surface area contributed by atoms with Crippen LogP contribution in [0.15, 0.2) is 0 Å². The normalized spacial score (nSPS) is 50.5. The van der Waals surface area contributed by atoms with Crippen LogP contribution < -0.4 is 0 Å². The van der Waals surface area contributed by atoms with E-state index < -0.39 is 0 Å². The largest absolute Gasteiger partial charge is 0.378 e. The number of rotatable bonds is 0. The zero-order valence-corrected chi connectivity index (χ0v) is 6.66. The van der Waals surface area contributed by atoms with E-state index in [1.165, 1.54) is 19.4 Å².